The Labute approximate surface area is 228 Å². The first-order chi connectivity index (χ1) is 17.5. The molecule has 0 saturated carbocycles. The van der Waals surface area contributed by atoms with Gasteiger partial charge in [-0.15, -0.1) is 0 Å². The van der Waals surface area contributed by atoms with Crippen molar-refractivity contribution >= 4 is 50.7 Å². The zero-order valence-electron chi connectivity index (χ0n) is 20.8. The average molecular weight is 563 g/mol. The molecule has 2 amide bonds. The first kappa shape index (κ1) is 28.5. The highest BCUT2D eigenvalue weighted by Crippen LogP contribution is 2.28. The van der Waals surface area contributed by atoms with Crippen molar-refractivity contribution in [2.45, 2.75) is 25.9 Å². The maximum atomic E-state index is 13.9. The van der Waals surface area contributed by atoms with Crippen LogP contribution in [0.2, 0.25) is 10.0 Å². The van der Waals surface area contributed by atoms with E-state index < -0.39 is 28.5 Å². The van der Waals surface area contributed by atoms with Crippen molar-refractivity contribution in [1.82, 2.24) is 10.2 Å². The van der Waals surface area contributed by atoms with Gasteiger partial charge in [-0.3, -0.25) is 13.9 Å². The quantitative estimate of drug-likeness (QED) is 0.396. The highest BCUT2D eigenvalue weighted by Gasteiger charge is 2.33. The number of rotatable bonds is 10. The van der Waals surface area contributed by atoms with E-state index >= 15 is 0 Å². The van der Waals surface area contributed by atoms with Crippen LogP contribution in [-0.4, -0.2) is 51.0 Å². The third-order valence-corrected chi connectivity index (χ3v) is 7.76. The van der Waals surface area contributed by atoms with Gasteiger partial charge in [-0.1, -0.05) is 71.7 Å². The second-order valence-corrected chi connectivity index (χ2v) is 11.4. The molecule has 3 aromatic carbocycles. The molecule has 0 bridgehead atoms. The fourth-order valence-electron chi connectivity index (χ4n) is 3.97. The van der Waals surface area contributed by atoms with Gasteiger partial charge in [0.1, 0.15) is 12.6 Å². The predicted molar refractivity (Wildman–Crippen MR) is 148 cm³/mol. The minimum Gasteiger partial charge on any atom is -0.357 e. The molecule has 0 radical (unpaired) electrons. The average Bonchev–Trinajstić information content (AvgIpc) is 2.87. The predicted octanol–water partition coefficient (Wildman–Crippen LogP) is 4.45. The number of nitrogens with zero attached hydrogens (tertiary/aromatic N) is 2. The smallest absolute Gasteiger partial charge is 0.244 e. The Morgan fingerprint density at radius 2 is 1.57 bits per heavy atom. The molecule has 0 spiro atoms. The van der Waals surface area contributed by atoms with Crippen molar-refractivity contribution in [1.29, 1.82) is 0 Å². The number of sulfonamides is 1. The maximum absolute atomic E-state index is 13.9. The van der Waals surface area contributed by atoms with Crippen LogP contribution in [0.1, 0.15) is 16.7 Å². The fourth-order valence-corrected chi connectivity index (χ4v) is 5.16. The second-order valence-electron chi connectivity index (χ2n) is 8.62. The monoisotopic (exact) mass is 561 g/mol. The number of anilines is 1. The number of hydrogen-bond acceptors (Lipinski definition) is 4. The van der Waals surface area contributed by atoms with Crippen molar-refractivity contribution in [3.05, 3.63) is 99.5 Å². The molecule has 0 unspecified atom stereocenters. The summed E-state index contributed by atoms with van der Waals surface area (Å²) >= 11 is 12.3. The van der Waals surface area contributed by atoms with Gasteiger partial charge in [-0.25, -0.2) is 8.42 Å². The van der Waals surface area contributed by atoms with Gasteiger partial charge in [0.2, 0.25) is 21.8 Å². The van der Waals surface area contributed by atoms with E-state index in [2.05, 4.69) is 5.32 Å². The van der Waals surface area contributed by atoms with Gasteiger partial charge in [0.15, 0.2) is 0 Å². The molecule has 0 aliphatic rings. The molecule has 0 aromatic heterocycles. The van der Waals surface area contributed by atoms with E-state index in [1.807, 2.05) is 30.3 Å². The van der Waals surface area contributed by atoms with Crippen molar-refractivity contribution in [3.8, 4) is 0 Å². The first-order valence-electron chi connectivity index (χ1n) is 11.5. The Kier molecular flexibility index (Phi) is 9.59. The lowest BCUT2D eigenvalue weighted by Gasteiger charge is -2.33. The number of carbonyl (C=O) groups is 2. The molecule has 1 N–H and O–H groups in total. The molecule has 0 saturated heterocycles. The topological polar surface area (TPSA) is 86.8 Å². The number of likely N-dealkylation sites (N-methyl/N-ethyl adjacent to an activating group) is 1. The first-order valence-corrected chi connectivity index (χ1v) is 14.1. The molecule has 37 heavy (non-hydrogen) atoms. The molecule has 0 aliphatic heterocycles. The van der Waals surface area contributed by atoms with Crippen LogP contribution in [0.4, 0.5) is 5.69 Å². The van der Waals surface area contributed by atoms with Crippen LogP contribution in [0, 0.1) is 6.92 Å². The summed E-state index contributed by atoms with van der Waals surface area (Å²) in [6, 6.07) is 20.2. The molecule has 7 nitrogen and oxygen atoms in total. The Morgan fingerprint density at radius 1 is 0.919 bits per heavy atom. The minimum atomic E-state index is -3.87. The molecule has 0 fully saturated rings. The Balaban J connectivity index is 2.05. The van der Waals surface area contributed by atoms with Gasteiger partial charge in [-0.05, 0) is 47.9 Å². The number of nitrogens with one attached hydrogen (secondary N) is 1. The van der Waals surface area contributed by atoms with Crippen molar-refractivity contribution in [3.63, 3.8) is 0 Å². The van der Waals surface area contributed by atoms with Crippen LogP contribution in [0.15, 0.2) is 72.8 Å². The van der Waals surface area contributed by atoms with Gasteiger partial charge < -0.3 is 10.2 Å². The largest absolute Gasteiger partial charge is 0.357 e. The number of hydrogen-bond donors (Lipinski definition) is 1. The van der Waals surface area contributed by atoms with E-state index in [1.165, 1.54) is 11.9 Å². The lowest BCUT2D eigenvalue weighted by Crippen LogP contribution is -2.53. The third kappa shape index (κ3) is 7.47. The van der Waals surface area contributed by atoms with Crippen LogP contribution in [0.25, 0.3) is 0 Å². The SMILES string of the molecule is CNC(=O)[C@H](Cc1ccccc1)N(Cc1ccc(Cl)cc1)C(=O)CN(c1cccc(Cl)c1C)S(C)(=O)=O. The molecule has 0 heterocycles. The Hall–Kier alpha value is -3.07. The summed E-state index contributed by atoms with van der Waals surface area (Å²) in [7, 11) is -2.36. The molecular weight excluding hydrogens is 533 g/mol. The lowest BCUT2D eigenvalue weighted by atomic mass is 10.0. The highest BCUT2D eigenvalue weighted by atomic mass is 35.5. The maximum Gasteiger partial charge on any atom is 0.244 e. The van der Waals surface area contributed by atoms with Crippen molar-refractivity contribution in [2.24, 2.45) is 0 Å². The second kappa shape index (κ2) is 12.4. The zero-order valence-corrected chi connectivity index (χ0v) is 23.1. The van der Waals surface area contributed by atoms with Crippen LogP contribution >= 0.6 is 23.2 Å². The van der Waals surface area contributed by atoms with Gasteiger partial charge in [-0.2, -0.15) is 0 Å². The summed E-state index contributed by atoms with van der Waals surface area (Å²) in [6.07, 6.45) is 1.28. The van der Waals surface area contributed by atoms with Crippen LogP contribution in [0.3, 0.4) is 0 Å². The van der Waals surface area contributed by atoms with Crippen LogP contribution < -0.4 is 9.62 Å². The molecular formula is C27H29Cl2N3O4S. The summed E-state index contributed by atoms with van der Waals surface area (Å²) in [5.74, 6) is -0.903. The number of halogens is 2. The number of amides is 2. The normalized spacial score (nSPS) is 12.0. The van der Waals surface area contributed by atoms with E-state index in [-0.39, 0.29) is 18.9 Å². The van der Waals surface area contributed by atoms with Crippen molar-refractivity contribution < 1.29 is 18.0 Å². The van der Waals surface area contributed by atoms with E-state index in [9.17, 15) is 18.0 Å². The van der Waals surface area contributed by atoms with E-state index in [4.69, 9.17) is 23.2 Å². The molecule has 0 aliphatic carbocycles. The van der Waals surface area contributed by atoms with Gasteiger partial charge in [0.05, 0.1) is 11.9 Å². The summed E-state index contributed by atoms with van der Waals surface area (Å²) in [5.41, 5.74) is 2.42. The standard InChI is InChI=1S/C27H29Cl2N3O4S/c1-19-23(29)10-7-11-24(19)32(37(3,35)36)18-26(33)31(17-21-12-14-22(28)15-13-21)25(27(34)30-2)16-20-8-5-4-6-9-20/h4-15,25H,16-18H2,1-3H3,(H,30,34)/t25-/m0/s1. The third-order valence-electron chi connectivity index (χ3n) is 5.97. The van der Waals surface area contributed by atoms with E-state index in [0.717, 1.165) is 21.7 Å². The summed E-state index contributed by atoms with van der Waals surface area (Å²) in [4.78, 5) is 28.4. The molecule has 1 atom stereocenters. The molecule has 196 valence electrons. The minimum absolute atomic E-state index is 0.0764. The van der Waals surface area contributed by atoms with E-state index in [1.54, 1.807) is 49.4 Å². The van der Waals surface area contributed by atoms with Crippen LogP contribution in [-0.2, 0) is 32.6 Å². The summed E-state index contributed by atoms with van der Waals surface area (Å²) < 4.78 is 26.7. The Bertz CT molecular complexity index is 1350. The molecule has 3 aromatic rings. The summed E-state index contributed by atoms with van der Waals surface area (Å²) in [5, 5.41) is 3.56. The lowest BCUT2D eigenvalue weighted by molar-refractivity contribution is -0.139. The van der Waals surface area contributed by atoms with Gasteiger partial charge in [0.25, 0.3) is 0 Å². The molecule has 10 heteroatoms. The fraction of sp³-hybridized carbons (Fsp3) is 0.259. The van der Waals surface area contributed by atoms with E-state index in [0.29, 0.717) is 21.3 Å². The summed E-state index contributed by atoms with van der Waals surface area (Å²) in [6.45, 7) is 1.26. The van der Waals surface area contributed by atoms with Gasteiger partial charge in [0, 0.05) is 30.1 Å². The molecule has 3 rings (SSSR count). The van der Waals surface area contributed by atoms with Crippen LogP contribution in [0.5, 0.6) is 0 Å². The highest BCUT2D eigenvalue weighted by molar-refractivity contribution is 7.92. The Morgan fingerprint density at radius 3 is 2.16 bits per heavy atom. The number of benzene rings is 3. The van der Waals surface area contributed by atoms with Gasteiger partial charge >= 0.3 is 0 Å². The zero-order chi connectivity index (χ0) is 27.2. The van der Waals surface area contributed by atoms with Crippen molar-refractivity contribution in [2.75, 3.05) is 24.2 Å². The number of carbonyl (C=O) groups excluding carboxylic acids is 2.